The molecule has 0 saturated carbocycles. The lowest BCUT2D eigenvalue weighted by molar-refractivity contribution is 0.0490. The van der Waals surface area contributed by atoms with Crippen molar-refractivity contribution in [1.82, 2.24) is 9.80 Å². The highest BCUT2D eigenvalue weighted by Gasteiger charge is 2.28. The normalized spacial score (nSPS) is 24.5. The van der Waals surface area contributed by atoms with Crippen LogP contribution in [0.25, 0.3) is 0 Å². The topological polar surface area (TPSA) is 32.5 Å². The van der Waals surface area contributed by atoms with E-state index in [1.165, 1.54) is 64.0 Å². The van der Waals surface area contributed by atoms with Gasteiger partial charge in [0.05, 0.1) is 0 Å². The van der Waals surface area contributed by atoms with Crippen molar-refractivity contribution in [2.45, 2.75) is 38.1 Å². The van der Waals surface area contributed by atoms with E-state index in [0.717, 1.165) is 18.2 Å². The zero-order valence-corrected chi connectivity index (χ0v) is 12.4. The van der Waals surface area contributed by atoms with Gasteiger partial charge in [-0.15, -0.1) is 0 Å². The van der Waals surface area contributed by atoms with Gasteiger partial charge in [-0.3, -0.25) is 4.90 Å². The number of nitrogen functional groups attached to an aromatic ring is 1. The summed E-state index contributed by atoms with van der Waals surface area (Å²) in [6.07, 6.45) is 6.64. The standard InChI is InChI=1S/C17H27N3/c18-16-7-3-5-15(13-16)6-4-9-19-11-12-20-10-2-1-8-17(20)14-19/h3,5,7,13,17H,1-2,4,6,8-12,14,18H2. The van der Waals surface area contributed by atoms with Crippen molar-refractivity contribution in [2.75, 3.05) is 38.5 Å². The maximum absolute atomic E-state index is 5.83. The van der Waals surface area contributed by atoms with E-state index in [-0.39, 0.29) is 0 Å². The number of anilines is 1. The molecule has 2 fully saturated rings. The van der Waals surface area contributed by atoms with Crippen LogP contribution in [0.1, 0.15) is 31.2 Å². The molecule has 1 aromatic carbocycles. The molecule has 3 heteroatoms. The van der Waals surface area contributed by atoms with Crippen LogP contribution in [0.4, 0.5) is 5.69 Å². The summed E-state index contributed by atoms with van der Waals surface area (Å²) in [4.78, 5) is 5.37. The van der Waals surface area contributed by atoms with Gasteiger partial charge in [-0.2, -0.15) is 0 Å². The quantitative estimate of drug-likeness (QED) is 0.855. The monoisotopic (exact) mass is 273 g/mol. The maximum Gasteiger partial charge on any atom is 0.0316 e. The Bertz CT molecular complexity index is 432. The molecule has 0 spiro atoms. The molecule has 1 unspecified atom stereocenters. The third-order valence-corrected chi connectivity index (χ3v) is 4.81. The molecule has 2 N–H and O–H groups in total. The van der Waals surface area contributed by atoms with E-state index in [9.17, 15) is 0 Å². The Morgan fingerprint density at radius 3 is 3.00 bits per heavy atom. The van der Waals surface area contributed by atoms with Crippen LogP contribution in [0.15, 0.2) is 24.3 Å². The van der Waals surface area contributed by atoms with Gasteiger partial charge in [-0.1, -0.05) is 18.6 Å². The summed E-state index contributed by atoms with van der Waals surface area (Å²) in [6, 6.07) is 9.16. The van der Waals surface area contributed by atoms with Crippen molar-refractivity contribution in [1.29, 1.82) is 0 Å². The van der Waals surface area contributed by atoms with E-state index in [2.05, 4.69) is 28.0 Å². The minimum absolute atomic E-state index is 0.838. The number of piperidine rings is 1. The summed E-state index contributed by atoms with van der Waals surface area (Å²) in [6.45, 7) is 6.40. The van der Waals surface area contributed by atoms with Crippen molar-refractivity contribution < 1.29 is 0 Å². The first kappa shape index (κ1) is 13.9. The van der Waals surface area contributed by atoms with Crippen LogP contribution >= 0.6 is 0 Å². The first-order valence-corrected chi connectivity index (χ1v) is 8.12. The van der Waals surface area contributed by atoms with Crippen LogP contribution in [0.2, 0.25) is 0 Å². The Morgan fingerprint density at radius 1 is 1.15 bits per heavy atom. The summed E-state index contributed by atoms with van der Waals surface area (Å²) in [7, 11) is 0. The molecule has 0 aliphatic carbocycles. The second-order valence-corrected chi connectivity index (χ2v) is 6.33. The number of nitrogens with zero attached hydrogens (tertiary/aromatic N) is 2. The van der Waals surface area contributed by atoms with Gasteiger partial charge < -0.3 is 10.6 Å². The average molecular weight is 273 g/mol. The van der Waals surface area contributed by atoms with E-state index in [1.54, 1.807) is 0 Å². The van der Waals surface area contributed by atoms with Gasteiger partial charge in [0.15, 0.2) is 0 Å². The molecular formula is C17H27N3. The highest BCUT2D eigenvalue weighted by molar-refractivity contribution is 5.40. The van der Waals surface area contributed by atoms with Gasteiger partial charge in [0.2, 0.25) is 0 Å². The fourth-order valence-electron chi connectivity index (χ4n) is 3.68. The summed E-state index contributed by atoms with van der Waals surface area (Å²) in [5.41, 5.74) is 8.09. The minimum atomic E-state index is 0.838. The van der Waals surface area contributed by atoms with Crippen molar-refractivity contribution in [3.8, 4) is 0 Å². The van der Waals surface area contributed by atoms with E-state index in [4.69, 9.17) is 5.73 Å². The second kappa shape index (κ2) is 6.59. The molecule has 0 radical (unpaired) electrons. The first-order chi connectivity index (χ1) is 9.81. The average Bonchev–Trinajstić information content (AvgIpc) is 2.47. The van der Waals surface area contributed by atoms with Gasteiger partial charge in [-0.05, 0) is 56.5 Å². The third kappa shape index (κ3) is 3.53. The Hall–Kier alpha value is -1.06. The van der Waals surface area contributed by atoms with Gasteiger partial charge >= 0.3 is 0 Å². The number of nitrogens with two attached hydrogens (primary N) is 1. The maximum atomic E-state index is 5.83. The molecule has 20 heavy (non-hydrogen) atoms. The van der Waals surface area contributed by atoms with Crippen LogP contribution in [-0.4, -0.2) is 48.6 Å². The predicted octanol–water partition coefficient (Wildman–Crippen LogP) is 2.37. The van der Waals surface area contributed by atoms with Gasteiger partial charge in [0.25, 0.3) is 0 Å². The molecule has 1 atom stereocenters. The number of fused-ring (bicyclic) bond motifs is 1. The fraction of sp³-hybridized carbons (Fsp3) is 0.647. The van der Waals surface area contributed by atoms with E-state index in [1.807, 2.05) is 6.07 Å². The Labute approximate surface area is 122 Å². The summed E-state index contributed by atoms with van der Waals surface area (Å²) < 4.78 is 0. The molecular weight excluding hydrogens is 246 g/mol. The number of rotatable bonds is 4. The molecule has 2 aliphatic rings. The van der Waals surface area contributed by atoms with Crippen LogP contribution < -0.4 is 5.73 Å². The molecule has 110 valence electrons. The molecule has 3 rings (SSSR count). The lowest BCUT2D eigenvalue weighted by Gasteiger charge is -2.44. The molecule has 2 saturated heterocycles. The Balaban J connectivity index is 1.42. The number of hydrogen-bond donors (Lipinski definition) is 1. The first-order valence-electron chi connectivity index (χ1n) is 8.12. The molecule has 2 aliphatic heterocycles. The molecule has 1 aromatic rings. The lowest BCUT2D eigenvalue weighted by atomic mass is 9.99. The van der Waals surface area contributed by atoms with E-state index < -0.39 is 0 Å². The largest absolute Gasteiger partial charge is 0.399 e. The van der Waals surface area contributed by atoms with Crippen LogP contribution in [0.5, 0.6) is 0 Å². The number of aryl methyl sites for hydroxylation is 1. The van der Waals surface area contributed by atoms with Crippen molar-refractivity contribution >= 4 is 5.69 Å². The number of benzene rings is 1. The molecule has 0 bridgehead atoms. The van der Waals surface area contributed by atoms with E-state index >= 15 is 0 Å². The third-order valence-electron chi connectivity index (χ3n) is 4.81. The van der Waals surface area contributed by atoms with Gasteiger partial charge in [0, 0.05) is 31.4 Å². The zero-order valence-electron chi connectivity index (χ0n) is 12.4. The van der Waals surface area contributed by atoms with Crippen LogP contribution in [-0.2, 0) is 6.42 Å². The molecule has 0 aromatic heterocycles. The zero-order chi connectivity index (χ0) is 13.8. The van der Waals surface area contributed by atoms with Gasteiger partial charge in [-0.25, -0.2) is 0 Å². The smallest absolute Gasteiger partial charge is 0.0316 e. The minimum Gasteiger partial charge on any atom is -0.399 e. The Morgan fingerprint density at radius 2 is 2.10 bits per heavy atom. The van der Waals surface area contributed by atoms with Crippen LogP contribution in [0, 0.1) is 0 Å². The SMILES string of the molecule is Nc1cccc(CCCN2CCN3CCCCC3C2)c1. The highest BCUT2D eigenvalue weighted by Crippen LogP contribution is 2.21. The summed E-state index contributed by atoms with van der Waals surface area (Å²) in [5, 5.41) is 0. The summed E-state index contributed by atoms with van der Waals surface area (Å²) in [5.74, 6) is 0. The Kier molecular flexibility index (Phi) is 4.58. The number of piperazine rings is 1. The van der Waals surface area contributed by atoms with Crippen molar-refractivity contribution in [3.63, 3.8) is 0 Å². The highest BCUT2D eigenvalue weighted by atomic mass is 15.3. The molecule has 0 amide bonds. The summed E-state index contributed by atoms with van der Waals surface area (Å²) >= 11 is 0. The van der Waals surface area contributed by atoms with Crippen molar-refractivity contribution in [2.24, 2.45) is 0 Å². The van der Waals surface area contributed by atoms with Crippen LogP contribution in [0.3, 0.4) is 0 Å². The second-order valence-electron chi connectivity index (χ2n) is 6.33. The van der Waals surface area contributed by atoms with E-state index in [0.29, 0.717) is 0 Å². The number of hydrogen-bond acceptors (Lipinski definition) is 3. The molecule has 2 heterocycles. The fourth-order valence-corrected chi connectivity index (χ4v) is 3.68. The molecule has 3 nitrogen and oxygen atoms in total. The lowest BCUT2D eigenvalue weighted by Crippen LogP contribution is -2.54. The van der Waals surface area contributed by atoms with Gasteiger partial charge in [0.1, 0.15) is 0 Å². The van der Waals surface area contributed by atoms with Crippen molar-refractivity contribution in [3.05, 3.63) is 29.8 Å². The predicted molar refractivity (Wildman–Crippen MR) is 84.8 cm³/mol.